The summed E-state index contributed by atoms with van der Waals surface area (Å²) in [5.74, 6) is -0.252. The Balaban J connectivity index is 1.37. The molecule has 40 heavy (non-hydrogen) atoms. The van der Waals surface area contributed by atoms with Gasteiger partial charge in [-0.3, -0.25) is 0 Å². The number of ether oxygens (including phenoxy) is 1. The summed E-state index contributed by atoms with van der Waals surface area (Å²) in [5, 5.41) is 17.9. The third kappa shape index (κ3) is 4.48. The number of alkyl halides is 3. The quantitative estimate of drug-likeness (QED) is 0.251. The first kappa shape index (κ1) is 26.0. The molecule has 1 saturated heterocycles. The van der Waals surface area contributed by atoms with E-state index >= 15 is 0 Å². The molecule has 8 nitrogen and oxygen atoms in total. The van der Waals surface area contributed by atoms with E-state index in [2.05, 4.69) is 0 Å². The van der Waals surface area contributed by atoms with Crippen molar-refractivity contribution in [3.05, 3.63) is 99.9 Å². The minimum absolute atomic E-state index is 0.0174. The van der Waals surface area contributed by atoms with Gasteiger partial charge < -0.3 is 23.6 Å². The lowest BCUT2D eigenvalue weighted by Crippen LogP contribution is -2.35. The summed E-state index contributed by atoms with van der Waals surface area (Å²) < 4.78 is 83.4. The Bertz CT molecular complexity index is 1830. The Morgan fingerprint density at radius 2 is 1.45 bits per heavy atom. The van der Waals surface area contributed by atoms with Crippen LogP contribution in [0.4, 0.5) is 13.2 Å². The average Bonchev–Trinajstić information content (AvgIpc) is 3.48. The predicted molar refractivity (Wildman–Crippen MR) is 137 cm³/mol. The monoisotopic (exact) mass is 572 g/mol. The molecule has 3 aromatic carbocycles. The standard InChI is InChI=1S/C28H19F3O8S/c29-28(30,31)20-12-24(34)37-21-11-18(9-10-19(20)21)39-40(35,36)23-13-22-25(14-1-5-16(32)6-2-14)26(27(23)38-22)15-3-7-17(33)8-4-15/h1-12,22-23,27,32-33H,13H2. The van der Waals surface area contributed by atoms with Gasteiger partial charge >= 0.3 is 21.9 Å². The van der Waals surface area contributed by atoms with E-state index in [4.69, 9.17) is 13.3 Å². The number of aromatic hydroxyl groups is 2. The molecule has 2 aliphatic heterocycles. The number of hydrogen-bond donors (Lipinski definition) is 2. The lowest BCUT2D eigenvalue weighted by atomic mass is 9.83. The highest BCUT2D eigenvalue weighted by Gasteiger charge is 2.53. The van der Waals surface area contributed by atoms with E-state index < -0.39 is 55.9 Å². The number of hydrogen-bond acceptors (Lipinski definition) is 8. The molecule has 0 saturated carbocycles. The average molecular weight is 573 g/mol. The third-order valence-electron chi connectivity index (χ3n) is 6.95. The maximum atomic E-state index is 13.5. The number of benzene rings is 3. The van der Waals surface area contributed by atoms with Gasteiger partial charge in [0.2, 0.25) is 0 Å². The van der Waals surface area contributed by atoms with E-state index in [9.17, 15) is 36.6 Å². The molecule has 3 heterocycles. The lowest BCUT2D eigenvalue weighted by Gasteiger charge is -2.24. The number of fused-ring (bicyclic) bond motifs is 3. The van der Waals surface area contributed by atoms with Crippen molar-refractivity contribution in [2.45, 2.75) is 30.1 Å². The Kier molecular flexibility index (Phi) is 5.93. The van der Waals surface area contributed by atoms with Crippen LogP contribution in [0.5, 0.6) is 17.2 Å². The molecule has 1 aromatic heterocycles. The summed E-state index contributed by atoms with van der Waals surface area (Å²) in [6.07, 6.45) is -6.38. The highest BCUT2D eigenvalue weighted by molar-refractivity contribution is 7.87. The predicted octanol–water partition coefficient (Wildman–Crippen LogP) is 5.08. The Hall–Kier alpha value is -4.29. The molecule has 2 N–H and O–H groups in total. The molecular weight excluding hydrogens is 553 g/mol. The van der Waals surface area contributed by atoms with Crippen molar-refractivity contribution in [3.8, 4) is 17.2 Å². The van der Waals surface area contributed by atoms with E-state index in [1.807, 2.05) is 0 Å². The smallest absolute Gasteiger partial charge is 0.417 e. The van der Waals surface area contributed by atoms with Crippen LogP contribution in [0.15, 0.2) is 82.0 Å². The molecule has 206 valence electrons. The van der Waals surface area contributed by atoms with Crippen molar-refractivity contribution in [1.29, 1.82) is 0 Å². The summed E-state index contributed by atoms with van der Waals surface area (Å²) in [6.45, 7) is 0. The van der Waals surface area contributed by atoms with E-state index in [1.165, 1.54) is 24.3 Å². The van der Waals surface area contributed by atoms with Crippen molar-refractivity contribution in [3.63, 3.8) is 0 Å². The SMILES string of the molecule is O=c1cc(C(F)(F)F)c2ccc(OS(=O)(=O)C3CC4OC3C(c3ccc(O)cc3)=C4c3ccc(O)cc3)cc2o1. The first-order valence-electron chi connectivity index (χ1n) is 12.0. The molecule has 0 aliphatic carbocycles. The third-order valence-corrected chi connectivity index (χ3v) is 8.56. The van der Waals surface area contributed by atoms with Crippen LogP contribution in [0.1, 0.15) is 23.1 Å². The van der Waals surface area contributed by atoms with Gasteiger partial charge in [0.25, 0.3) is 0 Å². The van der Waals surface area contributed by atoms with E-state index in [0.29, 0.717) is 17.2 Å². The van der Waals surface area contributed by atoms with Gasteiger partial charge in [0.1, 0.15) is 34.2 Å². The second-order valence-electron chi connectivity index (χ2n) is 9.45. The summed E-state index contributed by atoms with van der Waals surface area (Å²) in [5.41, 5.74) is -0.300. The molecular formula is C28H19F3O8S. The number of halogens is 3. The molecule has 3 unspecified atom stereocenters. The summed E-state index contributed by atoms with van der Waals surface area (Å²) in [6, 6.07) is 15.8. The minimum Gasteiger partial charge on any atom is -0.508 e. The van der Waals surface area contributed by atoms with Crippen LogP contribution in [0.25, 0.3) is 22.1 Å². The maximum absolute atomic E-state index is 13.5. The molecule has 0 radical (unpaired) electrons. The van der Waals surface area contributed by atoms with Gasteiger partial charge in [0, 0.05) is 23.9 Å². The fraction of sp³-hybridized carbons (Fsp3) is 0.179. The largest absolute Gasteiger partial charge is 0.508 e. The van der Waals surface area contributed by atoms with Gasteiger partial charge in [-0.1, -0.05) is 24.3 Å². The normalized spacial score (nSPS) is 20.8. The number of phenolic OH excluding ortho intramolecular Hbond substituents is 2. The van der Waals surface area contributed by atoms with Gasteiger partial charge in [0.05, 0.1) is 11.7 Å². The first-order chi connectivity index (χ1) is 18.9. The molecule has 0 spiro atoms. The van der Waals surface area contributed by atoms with E-state index in [-0.39, 0.29) is 23.7 Å². The van der Waals surface area contributed by atoms with Crippen LogP contribution >= 0.6 is 0 Å². The molecule has 0 amide bonds. The summed E-state index contributed by atoms with van der Waals surface area (Å²) >= 11 is 0. The Morgan fingerprint density at radius 1 is 0.850 bits per heavy atom. The topological polar surface area (TPSA) is 123 Å². The molecule has 3 atom stereocenters. The van der Waals surface area contributed by atoms with Crippen molar-refractivity contribution in [2.75, 3.05) is 0 Å². The molecule has 4 aromatic rings. The summed E-state index contributed by atoms with van der Waals surface area (Å²) in [7, 11) is -4.41. The summed E-state index contributed by atoms with van der Waals surface area (Å²) in [4.78, 5) is 11.7. The van der Waals surface area contributed by atoms with Crippen LogP contribution < -0.4 is 9.81 Å². The van der Waals surface area contributed by atoms with Crippen molar-refractivity contribution < 1.29 is 45.1 Å². The second-order valence-corrected chi connectivity index (χ2v) is 11.2. The molecule has 6 rings (SSSR count). The maximum Gasteiger partial charge on any atom is 0.417 e. The Morgan fingerprint density at radius 3 is 2.05 bits per heavy atom. The zero-order valence-electron chi connectivity index (χ0n) is 20.3. The van der Waals surface area contributed by atoms with Crippen LogP contribution in [0.2, 0.25) is 0 Å². The van der Waals surface area contributed by atoms with Crippen molar-refractivity contribution >= 4 is 32.2 Å². The van der Waals surface area contributed by atoms with Crippen LogP contribution in [0, 0.1) is 0 Å². The van der Waals surface area contributed by atoms with Gasteiger partial charge in [0.15, 0.2) is 0 Å². The minimum atomic E-state index is -4.82. The lowest BCUT2D eigenvalue weighted by molar-refractivity contribution is -0.136. The van der Waals surface area contributed by atoms with Crippen LogP contribution in [-0.2, 0) is 21.0 Å². The number of rotatable bonds is 5. The van der Waals surface area contributed by atoms with E-state index in [1.54, 1.807) is 24.3 Å². The highest BCUT2D eigenvalue weighted by atomic mass is 32.2. The van der Waals surface area contributed by atoms with Crippen LogP contribution in [-0.4, -0.2) is 36.1 Å². The molecule has 12 heteroatoms. The molecule has 2 aliphatic rings. The van der Waals surface area contributed by atoms with Crippen LogP contribution in [0.3, 0.4) is 0 Å². The number of phenols is 2. The van der Waals surface area contributed by atoms with Gasteiger partial charge in [-0.25, -0.2) is 4.79 Å². The highest BCUT2D eigenvalue weighted by Crippen LogP contribution is 2.51. The second kappa shape index (κ2) is 9.14. The molecule has 1 fully saturated rings. The Labute approximate surface area is 224 Å². The fourth-order valence-corrected chi connectivity index (χ4v) is 6.67. The molecule has 2 bridgehead atoms. The fourth-order valence-electron chi connectivity index (χ4n) is 5.26. The van der Waals surface area contributed by atoms with Crippen molar-refractivity contribution in [2.24, 2.45) is 0 Å². The zero-order valence-corrected chi connectivity index (χ0v) is 21.1. The van der Waals surface area contributed by atoms with Gasteiger partial charge in [-0.05, 0) is 58.7 Å². The zero-order chi connectivity index (χ0) is 28.4. The van der Waals surface area contributed by atoms with E-state index in [0.717, 1.165) is 29.3 Å². The first-order valence-corrected chi connectivity index (χ1v) is 13.4. The van der Waals surface area contributed by atoms with Gasteiger partial charge in [-0.2, -0.15) is 21.6 Å². The van der Waals surface area contributed by atoms with Gasteiger partial charge in [-0.15, -0.1) is 0 Å². The van der Waals surface area contributed by atoms with Crippen molar-refractivity contribution in [1.82, 2.24) is 0 Å².